The molecule has 6 heteroatoms. The van der Waals surface area contributed by atoms with E-state index >= 15 is 0 Å². The van der Waals surface area contributed by atoms with Gasteiger partial charge in [-0.2, -0.15) is 0 Å². The molecule has 6 nitrogen and oxygen atoms in total. The van der Waals surface area contributed by atoms with Crippen molar-refractivity contribution in [2.45, 2.75) is 53.0 Å². The fourth-order valence-corrected chi connectivity index (χ4v) is 2.05. The third-order valence-electron chi connectivity index (χ3n) is 2.86. The number of amides is 2. The molecule has 0 aromatic carbocycles. The van der Waals surface area contributed by atoms with Crippen LogP contribution in [0.4, 0.5) is 4.79 Å². The zero-order chi connectivity index (χ0) is 15.8. The van der Waals surface area contributed by atoms with Crippen LogP contribution in [0.25, 0.3) is 0 Å². The topological polar surface area (TPSA) is 89.9 Å². The van der Waals surface area contributed by atoms with E-state index in [1.54, 1.807) is 4.90 Å². The second-order valence-electron chi connectivity index (χ2n) is 6.17. The molecule has 3 N–H and O–H groups in total. The molecule has 2 amide bonds. The van der Waals surface area contributed by atoms with Crippen LogP contribution >= 0.6 is 0 Å². The number of urea groups is 1. The Labute approximate surface area is 121 Å². The lowest BCUT2D eigenvalue weighted by Gasteiger charge is -2.29. The minimum absolute atomic E-state index is 0.0321. The van der Waals surface area contributed by atoms with E-state index in [2.05, 4.69) is 5.32 Å². The summed E-state index contributed by atoms with van der Waals surface area (Å²) in [4.78, 5) is 24.6. The predicted octanol–water partition coefficient (Wildman–Crippen LogP) is 1.68. The largest absolute Gasteiger partial charge is 0.481 e. The number of aliphatic carboxylic acids is 1. The SMILES string of the molecule is CCN(CCCO)C(=O)NC(CC(=O)O)CC(C)(C)C. The predicted molar refractivity (Wildman–Crippen MR) is 77.6 cm³/mol. The lowest BCUT2D eigenvalue weighted by atomic mass is 9.87. The van der Waals surface area contributed by atoms with Crippen molar-refractivity contribution in [2.24, 2.45) is 5.41 Å². The summed E-state index contributed by atoms with van der Waals surface area (Å²) in [5.41, 5.74) is -0.0600. The molecular weight excluding hydrogens is 260 g/mol. The maximum atomic E-state index is 12.1. The van der Waals surface area contributed by atoms with Crippen molar-refractivity contribution in [3.63, 3.8) is 0 Å². The van der Waals surface area contributed by atoms with E-state index in [0.717, 1.165) is 0 Å². The number of carbonyl (C=O) groups is 2. The maximum Gasteiger partial charge on any atom is 0.317 e. The van der Waals surface area contributed by atoms with Crippen molar-refractivity contribution in [1.29, 1.82) is 0 Å². The van der Waals surface area contributed by atoms with Gasteiger partial charge < -0.3 is 20.4 Å². The molecule has 1 unspecified atom stereocenters. The average Bonchev–Trinajstić information content (AvgIpc) is 2.26. The molecule has 0 aromatic heterocycles. The summed E-state index contributed by atoms with van der Waals surface area (Å²) < 4.78 is 0. The highest BCUT2D eigenvalue weighted by atomic mass is 16.4. The molecule has 0 saturated carbocycles. The molecule has 0 aliphatic carbocycles. The van der Waals surface area contributed by atoms with Crippen LogP contribution in [0.5, 0.6) is 0 Å². The molecule has 0 aromatic rings. The standard InChI is InChI=1S/C14H28N2O4/c1-5-16(7-6-8-17)13(20)15-11(9-12(18)19)10-14(2,3)4/h11,17H,5-10H2,1-4H3,(H,15,20)(H,18,19). The monoisotopic (exact) mass is 288 g/mol. The van der Waals surface area contributed by atoms with Crippen LogP contribution in [-0.2, 0) is 4.79 Å². The number of hydrogen-bond donors (Lipinski definition) is 3. The lowest BCUT2D eigenvalue weighted by molar-refractivity contribution is -0.137. The van der Waals surface area contributed by atoms with Gasteiger partial charge >= 0.3 is 12.0 Å². The lowest BCUT2D eigenvalue weighted by Crippen LogP contribution is -2.47. The second-order valence-corrected chi connectivity index (χ2v) is 6.17. The molecule has 0 heterocycles. The quantitative estimate of drug-likeness (QED) is 0.634. The van der Waals surface area contributed by atoms with Crippen LogP contribution in [0.3, 0.4) is 0 Å². The molecule has 0 saturated heterocycles. The molecule has 0 aliphatic rings. The van der Waals surface area contributed by atoms with Crippen LogP contribution in [0.15, 0.2) is 0 Å². The number of hydrogen-bond acceptors (Lipinski definition) is 3. The number of aliphatic hydroxyl groups is 1. The number of rotatable bonds is 8. The van der Waals surface area contributed by atoms with Gasteiger partial charge in [0, 0.05) is 25.7 Å². The molecule has 0 fully saturated rings. The first kappa shape index (κ1) is 18.7. The van der Waals surface area contributed by atoms with Crippen LogP contribution in [-0.4, -0.2) is 52.9 Å². The fourth-order valence-electron chi connectivity index (χ4n) is 2.05. The van der Waals surface area contributed by atoms with E-state index in [4.69, 9.17) is 10.2 Å². The first-order valence-electron chi connectivity index (χ1n) is 7.07. The Morgan fingerprint density at radius 3 is 2.30 bits per heavy atom. The number of nitrogens with one attached hydrogen (secondary N) is 1. The van der Waals surface area contributed by atoms with Gasteiger partial charge in [0.05, 0.1) is 6.42 Å². The normalized spacial score (nSPS) is 12.8. The van der Waals surface area contributed by atoms with E-state index in [9.17, 15) is 9.59 Å². The Kier molecular flexibility index (Phi) is 8.22. The number of carboxylic acids is 1. The number of carbonyl (C=O) groups excluding carboxylic acids is 1. The van der Waals surface area contributed by atoms with Crippen LogP contribution < -0.4 is 5.32 Å². The molecule has 20 heavy (non-hydrogen) atoms. The zero-order valence-corrected chi connectivity index (χ0v) is 13.0. The Morgan fingerprint density at radius 2 is 1.90 bits per heavy atom. The maximum absolute atomic E-state index is 12.1. The Morgan fingerprint density at radius 1 is 1.30 bits per heavy atom. The molecule has 0 aliphatic heterocycles. The van der Waals surface area contributed by atoms with Crippen molar-refractivity contribution in [1.82, 2.24) is 10.2 Å². The van der Waals surface area contributed by atoms with Gasteiger partial charge in [-0.25, -0.2) is 4.79 Å². The van der Waals surface area contributed by atoms with Crippen molar-refractivity contribution in [3.8, 4) is 0 Å². The van der Waals surface area contributed by atoms with Crippen LogP contribution in [0.1, 0.15) is 47.0 Å². The second kappa shape index (κ2) is 8.79. The van der Waals surface area contributed by atoms with Gasteiger partial charge in [-0.3, -0.25) is 4.79 Å². The summed E-state index contributed by atoms with van der Waals surface area (Å²) in [7, 11) is 0. The van der Waals surface area contributed by atoms with E-state index in [1.807, 2.05) is 27.7 Å². The molecule has 0 rings (SSSR count). The van der Waals surface area contributed by atoms with Gasteiger partial charge in [0.2, 0.25) is 0 Å². The van der Waals surface area contributed by atoms with Gasteiger partial charge in [0.1, 0.15) is 0 Å². The molecule has 0 spiro atoms. The van der Waals surface area contributed by atoms with Gasteiger partial charge in [-0.15, -0.1) is 0 Å². The number of aliphatic hydroxyl groups excluding tert-OH is 1. The number of carboxylic acid groups (broad SMARTS) is 1. The average molecular weight is 288 g/mol. The summed E-state index contributed by atoms with van der Waals surface area (Å²) in [6, 6.07) is -0.653. The number of nitrogens with zero attached hydrogens (tertiary/aromatic N) is 1. The first-order chi connectivity index (χ1) is 9.19. The summed E-state index contributed by atoms with van der Waals surface area (Å²) in [5, 5.41) is 20.5. The molecular formula is C14H28N2O4. The highest BCUT2D eigenvalue weighted by Crippen LogP contribution is 2.22. The smallest absolute Gasteiger partial charge is 0.317 e. The van der Waals surface area contributed by atoms with Crippen LogP contribution in [0.2, 0.25) is 0 Å². The van der Waals surface area contributed by atoms with E-state index in [-0.39, 0.29) is 30.5 Å². The third kappa shape index (κ3) is 8.74. The summed E-state index contributed by atoms with van der Waals surface area (Å²) in [5.74, 6) is -0.919. The van der Waals surface area contributed by atoms with Gasteiger partial charge in [-0.1, -0.05) is 20.8 Å². The summed E-state index contributed by atoms with van der Waals surface area (Å²) in [6.45, 7) is 8.92. The van der Waals surface area contributed by atoms with Crippen molar-refractivity contribution >= 4 is 12.0 Å². The molecule has 118 valence electrons. The van der Waals surface area contributed by atoms with Crippen molar-refractivity contribution in [2.75, 3.05) is 19.7 Å². The summed E-state index contributed by atoms with van der Waals surface area (Å²) >= 11 is 0. The highest BCUT2D eigenvalue weighted by Gasteiger charge is 2.24. The highest BCUT2D eigenvalue weighted by molar-refractivity contribution is 5.75. The van der Waals surface area contributed by atoms with Crippen molar-refractivity contribution in [3.05, 3.63) is 0 Å². The van der Waals surface area contributed by atoms with E-state index < -0.39 is 5.97 Å². The molecule has 0 bridgehead atoms. The third-order valence-corrected chi connectivity index (χ3v) is 2.86. The summed E-state index contributed by atoms with van der Waals surface area (Å²) in [6.07, 6.45) is 1.04. The first-order valence-corrected chi connectivity index (χ1v) is 7.07. The Bertz CT molecular complexity index is 313. The van der Waals surface area contributed by atoms with E-state index in [0.29, 0.717) is 25.9 Å². The molecule has 1 atom stereocenters. The minimum atomic E-state index is -0.919. The Balaban J connectivity index is 4.60. The van der Waals surface area contributed by atoms with Gasteiger partial charge in [0.25, 0.3) is 0 Å². The molecule has 0 radical (unpaired) electrons. The fraction of sp³-hybridized carbons (Fsp3) is 0.857. The van der Waals surface area contributed by atoms with Gasteiger partial charge in [0.15, 0.2) is 0 Å². The van der Waals surface area contributed by atoms with E-state index in [1.165, 1.54) is 0 Å². The van der Waals surface area contributed by atoms with Crippen LogP contribution in [0, 0.1) is 5.41 Å². The minimum Gasteiger partial charge on any atom is -0.481 e. The van der Waals surface area contributed by atoms with Gasteiger partial charge in [-0.05, 0) is 25.2 Å². The van der Waals surface area contributed by atoms with Crippen molar-refractivity contribution < 1.29 is 19.8 Å². The Hall–Kier alpha value is -1.30. The zero-order valence-electron chi connectivity index (χ0n) is 13.0.